The summed E-state index contributed by atoms with van der Waals surface area (Å²) in [5.41, 5.74) is 4.60. The van der Waals surface area contributed by atoms with Gasteiger partial charge in [-0.2, -0.15) is 5.10 Å². The summed E-state index contributed by atoms with van der Waals surface area (Å²) in [6.07, 6.45) is 1.54. The van der Waals surface area contributed by atoms with Gasteiger partial charge in [-0.1, -0.05) is 30.3 Å². The minimum absolute atomic E-state index is 0.0464. The van der Waals surface area contributed by atoms with E-state index in [1.165, 1.54) is 12.1 Å². The molecule has 0 aliphatic carbocycles. The lowest BCUT2D eigenvalue weighted by Gasteiger charge is -2.06. The number of hydrogen-bond donors (Lipinski definition) is 2. The van der Waals surface area contributed by atoms with Gasteiger partial charge in [0.05, 0.1) is 11.1 Å². The van der Waals surface area contributed by atoms with E-state index in [-0.39, 0.29) is 5.69 Å². The molecule has 0 unspecified atom stereocenters. The molecule has 2 aromatic carbocycles. The SMILES string of the molecule is O=[N+]([O-])c1ccc(/C=N/NC(=S)NCc2ccccc2)cc1. The standard InChI is InChI=1S/C15H14N4O2S/c20-19(21)14-8-6-13(7-9-14)11-17-18-15(22)16-10-12-4-2-1-3-5-12/h1-9,11H,10H2,(H2,16,18,22)/b17-11+. The van der Waals surface area contributed by atoms with E-state index in [0.29, 0.717) is 11.7 Å². The Morgan fingerprint density at radius 1 is 1.18 bits per heavy atom. The van der Waals surface area contributed by atoms with Gasteiger partial charge in [0.1, 0.15) is 0 Å². The van der Waals surface area contributed by atoms with Crippen LogP contribution < -0.4 is 10.7 Å². The highest BCUT2D eigenvalue weighted by molar-refractivity contribution is 7.80. The van der Waals surface area contributed by atoms with Crippen LogP contribution >= 0.6 is 12.2 Å². The molecule has 0 bridgehead atoms. The fraction of sp³-hybridized carbons (Fsp3) is 0.0667. The summed E-state index contributed by atoms with van der Waals surface area (Å²) < 4.78 is 0. The van der Waals surface area contributed by atoms with Crippen LogP contribution in [-0.4, -0.2) is 16.3 Å². The van der Waals surface area contributed by atoms with Gasteiger partial charge < -0.3 is 5.32 Å². The van der Waals surface area contributed by atoms with Crippen molar-refractivity contribution >= 4 is 29.2 Å². The predicted octanol–water partition coefficient (Wildman–Crippen LogP) is 2.59. The van der Waals surface area contributed by atoms with Gasteiger partial charge in [0, 0.05) is 18.7 Å². The highest BCUT2D eigenvalue weighted by Gasteiger charge is 2.02. The Morgan fingerprint density at radius 3 is 2.50 bits per heavy atom. The Balaban J connectivity index is 1.79. The van der Waals surface area contributed by atoms with Crippen LogP contribution in [0.15, 0.2) is 59.7 Å². The molecule has 0 spiro atoms. The fourth-order valence-electron chi connectivity index (χ4n) is 1.67. The molecule has 0 saturated carbocycles. The van der Waals surface area contributed by atoms with Crippen molar-refractivity contribution in [1.82, 2.24) is 10.7 Å². The highest BCUT2D eigenvalue weighted by atomic mass is 32.1. The van der Waals surface area contributed by atoms with Crippen LogP contribution in [0.25, 0.3) is 0 Å². The summed E-state index contributed by atoms with van der Waals surface area (Å²) in [5, 5.41) is 17.9. The summed E-state index contributed by atoms with van der Waals surface area (Å²) in [6, 6.07) is 15.9. The maximum atomic E-state index is 10.5. The molecule has 6 nitrogen and oxygen atoms in total. The van der Waals surface area contributed by atoms with Crippen molar-refractivity contribution in [2.24, 2.45) is 5.10 Å². The number of non-ortho nitro benzene ring substituents is 1. The number of nitro benzene ring substituents is 1. The monoisotopic (exact) mass is 314 g/mol. The van der Waals surface area contributed by atoms with Crippen molar-refractivity contribution in [3.63, 3.8) is 0 Å². The lowest BCUT2D eigenvalue weighted by molar-refractivity contribution is -0.384. The largest absolute Gasteiger partial charge is 0.357 e. The molecule has 112 valence electrons. The lowest BCUT2D eigenvalue weighted by Crippen LogP contribution is -2.31. The fourth-order valence-corrected chi connectivity index (χ4v) is 1.79. The van der Waals surface area contributed by atoms with Gasteiger partial charge in [0.15, 0.2) is 5.11 Å². The van der Waals surface area contributed by atoms with Crippen molar-refractivity contribution in [2.75, 3.05) is 0 Å². The van der Waals surface area contributed by atoms with Crippen molar-refractivity contribution in [1.29, 1.82) is 0 Å². The summed E-state index contributed by atoms with van der Waals surface area (Å²) in [4.78, 5) is 10.1. The van der Waals surface area contributed by atoms with Gasteiger partial charge in [0.25, 0.3) is 5.69 Å². The van der Waals surface area contributed by atoms with E-state index in [1.54, 1.807) is 18.3 Å². The summed E-state index contributed by atoms with van der Waals surface area (Å²) >= 11 is 5.10. The molecule has 0 aliphatic heterocycles. The second-order valence-corrected chi connectivity index (χ2v) is 4.80. The first-order valence-electron chi connectivity index (χ1n) is 6.50. The molecule has 0 atom stereocenters. The van der Waals surface area contributed by atoms with E-state index in [0.717, 1.165) is 11.1 Å². The maximum absolute atomic E-state index is 10.5. The summed E-state index contributed by atoms with van der Waals surface area (Å²) in [6.45, 7) is 0.611. The van der Waals surface area contributed by atoms with Crippen LogP contribution in [0.5, 0.6) is 0 Å². The molecule has 2 rings (SSSR count). The highest BCUT2D eigenvalue weighted by Crippen LogP contribution is 2.10. The zero-order chi connectivity index (χ0) is 15.8. The molecule has 0 saturated heterocycles. The zero-order valence-corrected chi connectivity index (χ0v) is 12.4. The number of nitrogens with one attached hydrogen (secondary N) is 2. The molecule has 22 heavy (non-hydrogen) atoms. The Hall–Kier alpha value is -2.80. The average Bonchev–Trinajstić information content (AvgIpc) is 2.54. The summed E-state index contributed by atoms with van der Waals surface area (Å²) in [5.74, 6) is 0. The topological polar surface area (TPSA) is 79.6 Å². The van der Waals surface area contributed by atoms with Crippen LogP contribution in [0, 0.1) is 10.1 Å². The number of rotatable bonds is 5. The third kappa shape index (κ3) is 4.95. The molecule has 0 amide bonds. The van der Waals surface area contributed by atoms with E-state index in [9.17, 15) is 10.1 Å². The van der Waals surface area contributed by atoms with Gasteiger partial charge in [0.2, 0.25) is 0 Å². The van der Waals surface area contributed by atoms with E-state index >= 15 is 0 Å². The van der Waals surface area contributed by atoms with E-state index in [2.05, 4.69) is 15.8 Å². The van der Waals surface area contributed by atoms with Crippen LogP contribution in [0.2, 0.25) is 0 Å². The normalized spacial score (nSPS) is 10.4. The second-order valence-electron chi connectivity index (χ2n) is 4.39. The predicted molar refractivity (Wildman–Crippen MR) is 89.7 cm³/mol. The molecule has 0 aliphatic rings. The third-order valence-corrected chi connectivity index (χ3v) is 3.02. The minimum atomic E-state index is -0.443. The molecule has 0 aromatic heterocycles. The maximum Gasteiger partial charge on any atom is 0.269 e. The van der Waals surface area contributed by atoms with Gasteiger partial charge >= 0.3 is 0 Å². The molecule has 0 radical (unpaired) electrons. The third-order valence-electron chi connectivity index (χ3n) is 2.78. The van der Waals surface area contributed by atoms with Crippen LogP contribution in [-0.2, 0) is 6.54 Å². The molecule has 2 N–H and O–H groups in total. The number of benzene rings is 2. The van der Waals surface area contributed by atoms with Gasteiger partial charge in [-0.3, -0.25) is 15.5 Å². The van der Waals surface area contributed by atoms with Gasteiger partial charge in [-0.25, -0.2) is 0 Å². The molecule has 0 fully saturated rings. The van der Waals surface area contributed by atoms with Crippen molar-refractivity contribution < 1.29 is 4.92 Å². The second kappa shape index (κ2) is 7.84. The smallest absolute Gasteiger partial charge is 0.269 e. The van der Waals surface area contributed by atoms with E-state index in [4.69, 9.17) is 12.2 Å². The van der Waals surface area contributed by atoms with Crippen molar-refractivity contribution in [3.05, 3.63) is 75.8 Å². The average molecular weight is 314 g/mol. The zero-order valence-electron chi connectivity index (χ0n) is 11.6. The number of hydrazone groups is 1. The Labute approximate surface area is 133 Å². The minimum Gasteiger partial charge on any atom is -0.357 e. The molecule has 0 heterocycles. The Kier molecular flexibility index (Phi) is 5.56. The van der Waals surface area contributed by atoms with Crippen LogP contribution in [0.1, 0.15) is 11.1 Å². The number of hydrogen-bond acceptors (Lipinski definition) is 4. The number of thiocarbonyl (C=S) groups is 1. The first-order valence-corrected chi connectivity index (χ1v) is 6.91. The van der Waals surface area contributed by atoms with Gasteiger partial charge in [-0.15, -0.1) is 0 Å². The van der Waals surface area contributed by atoms with Crippen molar-refractivity contribution in [3.8, 4) is 0 Å². The number of nitro groups is 1. The summed E-state index contributed by atoms with van der Waals surface area (Å²) in [7, 11) is 0. The molecular weight excluding hydrogens is 300 g/mol. The van der Waals surface area contributed by atoms with Gasteiger partial charge in [-0.05, 0) is 35.5 Å². The number of nitrogens with zero attached hydrogens (tertiary/aromatic N) is 2. The first-order chi connectivity index (χ1) is 10.6. The lowest BCUT2D eigenvalue weighted by atomic mass is 10.2. The van der Waals surface area contributed by atoms with E-state index in [1.807, 2.05) is 30.3 Å². The van der Waals surface area contributed by atoms with Crippen LogP contribution in [0.3, 0.4) is 0 Å². The first kappa shape index (κ1) is 15.6. The Morgan fingerprint density at radius 2 is 1.86 bits per heavy atom. The Bertz CT molecular complexity index is 672. The quantitative estimate of drug-likeness (QED) is 0.384. The van der Waals surface area contributed by atoms with E-state index < -0.39 is 4.92 Å². The molecule has 2 aromatic rings. The molecular formula is C15H14N4O2S. The van der Waals surface area contributed by atoms with Crippen LogP contribution in [0.4, 0.5) is 5.69 Å². The van der Waals surface area contributed by atoms with Crippen molar-refractivity contribution in [2.45, 2.75) is 6.54 Å². The molecule has 7 heteroatoms.